The maximum Gasteiger partial charge on any atom is 0.308 e. The average molecular weight is 277 g/mol. The average Bonchev–Trinajstić information content (AvgIpc) is 2.46. The number of nitrogens with zero attached hydrogens (tertiary/aromatic N) is 1. The highest BCUT2D eigenvalue weighted by Crippen LogP contribution is 2.37. The normalized spacial score (nSPS) is 22.7. The van der Waals surface area contributed by atoms with E-state index in [4.69, 9.17) is 4.74 Å². The molecule has 0 bridgehead atoms. The van der Waals surface area contributed by atoms with Gasteiger partial charge in [-0.1, -0.05) is 12.1 Å². The first-order valence-electron chi connectivity index (χ1n) is 6.74. The molecule has 108 valence electrons. The second-order valence-electron chi connectivity index (χ2n) is 4.88. The van der Waals surface area contributed by atoms with Crippen molar-refractivity contribution in [2.24, 2.45) is 5.92 Å². The lowest BCUT2D eigenvalue weighted by Crippen LogP contribution is -2.45. The molecule has 1 saturated heterocycles. The molecule has 5 heteroatoms. The molecule has 0 spiro atoms. The van der Waals surface area contributed by atoms with Gasteiger partial charge in [0.2, 0.25) is 5.91 Å². The fraction of sp³-hybridized carbons (Fsp3) is 0.467. The number of rotatable bonds is 4. The zero-order valence-corrected chi connectivity index (χ0v) is 11.7. The van der Waals surface area contributed by atoms with E-state index in [1.54, 1.807) is 24.1 Å². The van der Waals surface area contributed by atoms with Crippen LogP contribution in [0.2, 0.25) is 0 Å². The highest BCUT2D eigenvalue weighted by atomic mass is 16.5. The number of carbonyl (C=O) groups is 2. The summed E-state index contributed by atoms with van der Waals surface area (Å²) in [5, 5.41) is 9.41. The molecule has 1 aromatic rings. The van der Waals surface area contributed by atoms with Crippen LogP contribution in [-0.2, 0) is 9.59 Å². The van der Waals surface area contributed by atoms with Gasteiger partial charge in [0.15, 0.2) is 0 Å². The molecular formula is C15H19NO4. The van der Waals surface area contributed by atoms with Crippen LogP contribution in [0.1, 0.15) is 31.4 Å². The lowest BCUT2D eigenvalue weighted by Gasteiger charge is -2.39. The van der Waals surface area contributed by atoms with E-state index in [0.29, 0.717) is 25.1 Å². The van der Waals surface area contributed by atoms with Crippen LogP contribution in [0.25, 0.3) is 0 Å². The van der Waals surface area contributed by atoms with Gasteiger partial charge < -0.3 is 14.7 Å². The minimum absolute atomic E-state index is 0.0193. The Morgan fingerprint density at radius 2 is 2.05 bits per heavy atom. The number of hydrogen-bond donors (Lipinski definition) is 1. The van der Waals surface area contributed by atoms with Crippen molar-refractivity contribution < 1.29 is 19.4 Å². The van der Waals surface area contributed by atoms with Gasteiger partial charge in [-0.3, -0.25) is 9.59 Å². The van der Waals surface area contributed by atoms with Gasteiger partial charge >= 0.3 is 5.97 Å². The largest absolute Gasteiger partial charge is 0.497 e. The second-order valence-corrected chi connectivity index (χ2v) is 4.88. The first-order chi connectivity index (χ1) is 9.58. The molecule has 1 amide bonds. The van der Waals surface area contributed by atoms with E-state index >= 15 is 0 Å². The summed E-state index contributed by atoms with van der Waals surface area (Å²) >= 11 is 0. The van der Waals surface area contributed by atoms with E-state index in [0.717, 1.165) is 5.56 Å². The predicted molar refractivity (Wildman–Crippen MR) is 73.5 cm³/mol. The molecule has 0 aliphatic carbocycles. The molecule has 0 aromatic heterocycles. The third-order valence-corrected chi connectivity index (χ3v) is 3.82. The minimum atomic E-state index is -0.850. The van der Waals surface area contributed by atoms with Gasteiger partial charge in [-0.05, 0) is 31.0 Å². The summed E-state index contributed by atoms with van der Waals surface area (Å²) in [4.78, 5) is 25.1. The van der Waals surface area contributed by atoms with E-state index in [9.17, 15) is 14.7 Å². The monoisotopic (exact) mass is 277 g/mol. The highest BCUT2D eigenvalue weighted by molar-refractivity contribution is 5.81. The number of carboxylic acids is 1. The molecule has 1 aromatic carbocycles. The summed E-state index contributed by atoms with van der Waals surface area (Å²) in [5.74, 6) is -0.672. The van der Waals surface area contributed by atoms with E-state index < -0.39 is 17.9 Å². The van der Waals surface area contributed by atoms with Gasteiger partial charge in [0.05, 0.1) is 19.1 Å². The molecule has 1 aliphatic rings. The molecule has 2 rings (SSSR count). The van der Waals surface area contributed by atoms with Crippen molar-refractivity contribution in [3.8, 4) is 5.75 Å². The van der Waals surface area contributed by atoms with Gasteiger partial charge in [-0.2, -0.15) is 0 Å². The molecule has 1 aliphatic heterocycles. The zero-order valence-electron chi connectivity index (χ0n) is 11.7. The number of ether oxygens (including phenoxy) is 1. The standard InChI is InChI=1S/C15H19NO4/c1-3-16-13(17)9-8-12(15(18)19)14(16)10-4-6-11(20-2)7-5-10/h4-7,12,14H,3,8-9H2,1-2H3,(H,18,19)/t12-,14-/m0/s1. The van der Waals surface area contributed by atoms with Crippen molar-refractivity contribution in [3.63, 3.8) is 0 Å². The summed E-state index contributed by atoms with van der Waals surface area (Å²) in [7, 11) is 1.58. The summed E-state index contributed by atoms with van der Waals surface area (Å²) < 4.78 is 5.11. The molecule has 0 saturated carbocycles. The second kappa shape index (κ2) is 5.94. The van der Waals surface area contributed by atoms with Gasteiger partial charge in [-0.25, -0.2) is 0 Å². The van der Waals surface area contributed by atoms with Gasteiger partial charge in [0.1, 0.15) is 5.75 Å². The van der Waals surface area contributed by atoms with E-state index in [2.05, 4.69) is 0 Å². The number of methoxy groups -OCH3 is 1. The van der Waals surface area contributed by atoms with Crippen LogP contribution in [0.5, 0.6) is 5.75 Å². The number of carboxylic acid groups (broad SMARTS) is 1. The lowest BCUT2D eigenvalue weighted by molar-refractivity contribution is -0.151. The molecule has 0 radical (unpaired) electrons. The quantitative estimate of drug-likeness (QED) is 0.915. The molecule has 2 atom stereocenters. The van der Waals surface area contributed by atoms with Crippen LogP contribution in [0.15, 0.2) is 24.3 Å². The van der Waals surface area contributed by atoms with Crippen molar-refractivity contribution in [2.75, 3.05) is 13.7 Å². The number of likely N-dealkylation sites (tertiary alicyclic amines) is 1. The van der Waals surface area contributed by atoms with Gasteiger partial charge in [-0.15, -0.1) is 0 Å². The lowest BCUT2D eigenvalue weighted by atomic mass is 9.84. The number of amides is 1. The fourth-order valence-electron chi connectivity index (χ4n) is 2.80. The third-order valence-electron chi connectivity index (χ3n) is 3.82. The van der Waals surface area contributed by atoms with Crippen molar-refractivity contribution in [2.45, 2.75) is 25.8 Å². The van der Waals surface area contributed by atoms with Crippen LogP contribution in [0.4, 0.5) is 0 Å². The summed E-state index contributed by atoms with van der Waals surface area (Å²) in [6, 6.07) is 6.86. The Kier molecular flexibility index (Phi) is 4.27. The molecule has 1 heterocycles. The van der Waals surface area contributed by atoms with Crippen LogP contribution in [-0.4, -0.2) is 35.5 Å². The molecular weight excluding hydrogens is 258 g/mol. The highest BCUT2D eigenvalue weighted by Gasteiger charge is 2.39. The van der Waals surface area contributed by atoms with Crippen molar-refractivity contribution in [1.29, 1.82) is 0 Å². The Bertz CT molecular complexity index is 495. The summed E-state index contributed by atoms with van der Waals surface area (Å²) in [5.41, 5.74) is 0.841. The molecule has 20 heavy (non-hydrogen) atoms. The van der Waals surface area contributed by atoms with E-state index in [1.807, 2.05) is 19.1 Å². The zero-order chi connectivity index (χ0) is 14.7. The molecule has 0 unspecified atom stereocenters. The van der Waals surface area contributed by atoms with Gasteiger partial charge in [0, 0.05) is 13.0 Å². The smallest absolute Gasteiger partial charge is 0.308 e. The molecule has 5 nitrogen and oxygen atoms in total. The SMILES string of the molecule is CCN1C(=O)CC[C@H](C(=O)O)[C@@H]1c1ccc(OC)cc1. The number of piperidine rings is 1. The first-order valence-corrected chi connectivity index (χ1v) is 6.74. The molecule has 1 fully saturated rings. The van der Waals surface area contributed by atoms with Crippen molar-refractivity contribution in [3.05, 3.63) is 29.8 Å². The van der Waals surface area contributed by atoms with E-state index in [-0.39, 0.29) is 5.91 Å². The Morgan fingerprint density at radius 3 is 2.55 bits per heavy atom. The van der Waals surface area contributed by atoms with Crippen molar-refractivity contribution >= 4 is 11.9 Å². The number of benzene rings is 1. The number of hydrogen-bond acceptors (Lipinski definition) is 3. The van der Waals surface area contributed by atoms with Crippen LogP contribution < -0.4 is 4.74 Å². The van der Waals surface area contributed by atoms with Crippen LogP contribution in [0, 0.1) is 5.92 Å². The Balaban J connectivity index is 2.38. The van der Waals surface area contributed by atoms with E-state index in [1.165, 1.54) is 0 Å². The maximum atomic E-state index is 12.0. The Labute approximate surface area is 118 Å². The Hall–Kier alpha value is -2.04. The van der Waals surface area contributed by atoms with Gasteiger partial charge in [0.25, 0.3) is 0 Å². The number of aliphatic carboxylic acids is 1. The fourth-order valence-corrected chi connectivity index (χ4v) is 2.80. The predicted octanol–water partition coefficient (Wildman–Crippen LogP) is 2.08. The topological polar surface area (TPSA) is 66.8 Å². The van der Waals surface area contributed by atoms with Crippen LogP contribution in [0.3, 0.4) is 0 Å². The van der Waals surface area contributed by atoms with Crippen LogP contribution >= 0.6 is 0 Å². The summed E-state index contributed by atoms with van der Waals surface area (Å²) in [6.45, 7) is 2.39. The molecule has 1 N–H and O–H groups in total. The third kappa shape index (κ3) is 2.61. The Morgan fingerprint density at radius 1 is 1.40 bits per heavy atom. The van der Waals surface area contributed by atoms with Crippen molar-refractivity contribution in [1.82, 2.24) is 4.90 Å². The maximum absolute atomic E-state index is 12.0. The number of carbonyl (C=O) groups excluding carboxylic acids is 1. The minimum Gasteiger partial charge on any atom is -0.497 e. The first kappa shape index (κ1) is 14.4. The summed E-state index contributed by atoms with van der Waals surface area (Å²) in [6.07, 6.45) is 0.693.